The summed E-state index contributed by atoms with van der Waals surface area (Å²) in [5.74, 6) is 0.148. The molecule has 10 heteroatoms. The number of fused-ring (bicyclic) bond motifs is 3. The molecule has 3 N–H and O–H groups in total. The van der Waals surface area contributed by atoms with Crippen LogP contribution in [0.4, 0.5) is 13.2 Å². The monoisotopic (exact) mass is 550 g/mol. The third-order valence-electron chi connectivity index (χ3n) is 8.82. The minimum Gasteiger partial charge on any atom is -0.492 e. The van der Waals surface area contributed by atoms with E-state index in [1.165, 1.54) is 22.0 Å². The van der Waals surface area contributed by atoms with Crippen LogP contribution in [0.25, 0.3) is 11.0 Å². The Balaban J connectivity index is 1.12. The average molecular weight is 551 g/mol. The molecular weight excluding hydrogens is 519 g/mol. The zero-order valence-electron chi connectivity index (χ0n) is 21.2. The molecule has 38 heavy (non-hydrogen) atoms. The summed E-state index contributed by atoms with van der Waals surface area (Å²) in [6.45, 7) is 4.13. The highest BCUT2D eigenvalue weighted by molar-refractivity contribution is 6.30. The van der Waals surface area contributed by atoms with Crippen molar-refractivity contribution in [2.45, 2.75) is 68.4 Å². The number of piperidine rings is 1. The molecule has 204 valence electrons. The Morgan fingerprint density at radius 1 is 1.18 bits per heavy atom. The molecule has 0 bridgehead atoms. The van der Waals surface area contributed by atoms with Gasteiger partial charge in [0.2, 0.25) is 0 Å². The summed E-state index contributed by atoms with van der Waals surface area (Å²) < 4.78 is 49.5. The van der Waals surface area contributed by atoms with Crippen molar-refractivity contribution >= 4 is 22.6 Å². The normalized spacial score (nSPS) is 27.0. The predicted octanol–water partition coefficient (Wildman–Crippen LogP) is 4.86. The van der Waals surface area contributed by atoms with Crippen molar-refractivity contribution in [1.82, 2.24) is 14.5 Å². The molecule has 1 saturated heterocycles. The van der Waals surface area contributed by atoms with E-state index in [0.717, 1.165) is 38.4 Å². The number of likely N-dealkylation sites (tertiary alicyclic amines) is 1. The van der Waals surface area contributed by atoms with Gasteiger partial charge in [0.1, 0.15) is 12.4 Å². The molecule has 2 fully saturated rings. The molecule has 3 aromatic rings. The zero-order chi connectivity index (χ0) is 26.9. The summed E-state index contributed by atoms with van der Waals surface area (Å²) >= 11 is 6.27. The molecule has 2 aliphatic carbocycles. The van der Waals surface area contributed by atoms with Crippen molar-refractivity contribution < 1.29 is 28.1 Å². The van der Waals surface area contributed by atoms with Crippen molar-refractivity contribution in [2.75, 3.05) is 26.2 Å². The van der Waals surface area contributed by atoms with Gasteiger partial charge in [0.05, 0.1) is 33.9 Å². The van der Waals surface area contributed by atoms with E-state index in [9.17, 15) is 18.3 Å². The van der Waals surface area contributed by atoms with E-state index < -0.39 is 17.3 Å². The lowest BCUT2D eigenvalue weighted by Gasteiger charge is -2.41. The smallest absolute Gasteiger partial charge is 0.418 e. The molecule has 1 atom stereocenters. The molecule has 1 spiro atoms. The third-order valence-corrected chi connectivity index (χ3v) is 9.05. The quantitative estimate of drug-likeness (QED) is 0.461. The first-order valence-corrected chi connectivity index (χ1v) is 13.5. The van der Waals surface area contributed by atoms with E-state index in [0.29, 0.717) is 24.4 Å². The van der Waals surface area contributed by atoms with Gasteiger partial charge in [0, 0.05) is 30.1 Å². The van der Waals surface area contributed by atoms with E-state index in [1.54, 1.807) is 13.0 Å². The maximum absolute atomic E-state index is 14.0. The minimum absolute atomic E-state index is 0.0357. The lowest BCUT2D eigenvalue weighted by atomic mass is 9.72. The van der Waals surface area contributed by atoms with E-state index in [2.05, 4.69) is 9.88 Å². The molecule has 1 aromatic heterocycles. The van der Waals surface area contributed by atoms with Crippen LogP contribution < -0.4 is 4.74 Å². The number of aromatic nitrogens is 2. The second kappa shape index (κ2) is 9.11. The van der Waals surface area contributed by atoms with E-state index in [1.807, 2.05) is 18.2 Å². The van der Waals surface area contributed by atoms with Crippen molar-refractivity contribution in [2.24, 2.45) is 0 Å². The van der Waals surface area contributed by atoms with Crippen LogP contribution in [0.3, 0.4) is 0 Å². The predicted molar refractivity (Wildman–Crippen MR) is 139 cm³/mol. The molecular formula is C28H32ClF3N3O3+. The van der Waals surface area contributed by atoms with Crippen molar-refractivity contribution in [3.8, 4) is 5.75 Å². The number of ether oxygens (including phenoxy) is 1. The molecule has 6 nitrogen and oxygen atoms in total. The van der Waals surface area contributed by atoms with Crippen LogP contribution in [0, 0.1) is 0 Å². The maximum Gasteiger partial charge on any atom is 0.418 e. The highest BCUT2D eigenvalue weighted by Gasteiger charge is 2.51. The van der Waals surface area contributed by atoms with E-state index >= 15 is 0 Å². The van der Waals surface area contributed by atoms with Crippen LogP contribution >= 0.6 is 11.6 Å². The topological polar surface area (TPSA) is 73.4 Å². The number of alkyl halides is 3. The van der Waals surface area contributed by atoms with Gasteiger partial charge in [-0.3, -0.25) is 4.90 Å². The fourth-order valence-electron chi connectivity index (χ4n) is 6.75. The number of hydrogen-bond donors (Lipinski definition) is 1. The van der Waals surface area contributed by atoms with Gasteiger partial charge < -0.3 is 19.5 Å². The summed E-state index contributed by atoms with van der Waals surface area (Å²) in [6, 6.07) is 8.37. The largest absolute Gasteiger partial charge is 0.492 e. The van der Waals surface area contributed by atoms with Crippen molar-refractivity contribution in [1.29, 1.82) is 0 Å². The van der Waals surface area contributed by atoms with Gasteiger partial charge >= 0.3 is 6.18 Å². The molecule has 1 aliphatic heterocycles. The number of nitrogens with zero attached hydrogens (tertiary/aromatic N) is 3. The molecule has 0 radical (unpaired) electrons. The van der Waals surface area contributed by atoms with Gasteiger partial charge in [-0.25, -0.2) is 4.98 Å². The lowest BCUT2D eigenvalue weighted by molar-refractivity contribution is -0.136. The zero-order valence-corrected chi connectivity index (χ0v) is 21.9. The molecule has 1 unspecified atom stereocenters. The van der Waals surface area contributed by atoms with Gasteiger partial charge in [-0.2, -0.15) is 13.2 Å². The maximum atomic E-state index is 14.0. The van der Waals surface area contributed by atoms with Crippen molar-refractivity contribution in [3.63, 3.8) is 0 Å². The van der Waals surface area contributed by atoms with Gasteiger partial charge in [0.15, 0.2) is 6.10 Å². The van der Waals surface area contributed by atoms with Crippen LogP contribution in [-0.4, -0.2) is 62.6 Å². The van der Waals surface area contributed by atoms with Gasteiger partial charge in [-0.15, -0.1) is 0 Å². The van der Waals surface area contributed by atoms with Crippen LogP contribution in [0.2, 0.25) is 5.02 Å². The first kappa shape index (κ1) is 25.9. The highest BCUT2D eigenvalue weighted by Crippen LogP contribution is 2.48. The number of imidazole rings is 1. The second-order valence-electron chi connectivity index (χ2n) is 11.5. The first-order valence-electron chi connectivity index (χ1n) is 13.1. The Hall–Kier alpha value is -2.33. The lowest BCUT2D eigenvalue weighted by Crippen LogP contribution is -2.48. The Kier molecular flexibility index (Phi) is 6.22. The SMILES string of the molecule is CC1(O)CC(n2cnc3cc(OCCN4CCC5(CC4)c4cc(Cl)ccc4CC5[OH2+])cc(C(F)(F)F)c32)C1. The van der Waals surface area contributed by atoms with E-state index in [-0.39, 0.29) is 41.0 Å². The summed E-state index contributed by atoms with van der Waals surface area (Å²) in [4.78, 5) is 6.49. The van der Waals surface area contributed by atoms with Gasteiger partial charge in [0.25, 0.3) is 0 Å². The van der Waals surface area contributed by atoms with Crippen LogP contribution in [0.15, 0.2) is 36.7 Å². The number of halogens is 4. The standard InChI is InChI=1S/C28H31ClF3N3O3/c1-26(37)14-19(15-26)35-16-33-23-13-20(12-22(25(23)35)28(30,31)32)38-9-8-34-6-4-27(5-7-34)21-11-18(29)3-2-17(21)10-24(27)36/h2-3,11-13,16,19,24,36-37H,4-10,14-15H2,1H3/p+1. The van der Waals surface area contributed by atoms with Gasteiger partial charge in [-0.1, -0.05) is 17.7 Å². The summed E-state index contributed by atoms with van der Waals surface area (Å²) in [7, 11) is 0. The fraction of sp³-hybridized carbons (Fsp3) is 0.536. The molecule has 3 aliphatic rings. The number of hydrogen-bond acceptors (Lipinski definition) is 4. The fourth-order valence-corrected chi connectivity index (χ4v) is 6.92. The van der Waals surface area contributed by atoms with Crippen molar-refractivity contribution in [3.05, 3.63) is 58.4 Å². The Labute approximate surface area is 224 Å². The summed E-state index contributed by atoms with van der Waals surface area (Å²) in [6.07, 6.45) is -0.0797. The Bertz CT molecular complexity index is 1360. The molecule has 2 heterocycles. The molecule has 2 aromatic carbocycles. The second-order valence-corrected chi connectivity index (χ2v) is 11.9. The average Bonchev–Trinajstić information content (AvgIpc) is 3.37. The third kappa shape index (κ3) is 4.47. The molecule has 0 amide bonds. The summed E-state index contributed by atoms with van der Waals surface area (Å²) in [5, 5.41) is 19.5. The van der Waals surface area contributed by atoms with E-state index in [4.69, 9.17) is 21.4 Å². The van der Waals surface area contributed by atoms with Crippen LogP contribution in [0.1, 0.15) is 55.3 Å². The number of aliphatic hydroxyl groups is 1. The molecule has 1 saturated carbocycles. The molecule has 6 rings (SSSR count). The summed E-state index contributed by atoms with van der Waals surface area (Å²) in [5.41, 5.74) is 0.888. The Morgan fingerprint density at radius 3 is 2.61 bits per heavy atom. The van der Waals surface area contributed by atoms with Crippen LogP contribution in [0.5, 0.6) is 5.75 Å². The number of rotatable bonds is 5. The minimum atomic E-state index is -4.56. The Morgan fingerprint density at radius 2 is 1.92 bits per heavy atom. The highest BCUT2D eigenvalue weighted by atomic mass is 35.5. The van der Waals surface area contributed by atoms with Crippen LogP contribution in [-0.2, 0) is 18.0 Å². The first-order chi connectivity index (χ1) is 18.0. The van der Waals surface area contributed by atoms with Gasteiger partial charge in [-0.05, 0) is 75.0 Å². The number of benzene rings is 2.